The van der Waals surface area contributed by atoms with Crippen molar-refractivity contribution in [2.24, 2.45) is 5.73 Å². The number of carbonyl (C=O) groups excluding carboxylic acids is 2. The highest BCUT2D eigenvalue weighted by Crippen LogP contribution is 2.32. The molecule has 6 nitrogen and oxygen atoms in total. The standard InChI is InChI=1S/C13H15F3N4O2.ClH/c14-13(15,16)10-1-2-18-7-9(10)12(22)20-5-3-19(4-6-20)11(17)8-21;/h1-2,7-8,11H,3-6,17H2;1H. The number of halogens is 4. The fraction of sp³-hybridized carbons (Fsp3) is 0.462. The number of piperazine rings is 1. The van der Waals surface area contributed by atoms with Gasteiger partial charge in [-0.25, -0.2) is 0 Å². The van der Waals surface area contributed by atoms with E-state index in [0.717, 1.165) is 18.5 Å². The average Bonchev–Trinajstić information content (AvgIpc) is 2.52. The minimum atomic E-state index is -4.62. The van der Waals surface area contributed by atoms with Gasteiger partial charge in [-0.3, -0.25) is 14.7 Å². The minimum Gasteiger partial charge on any atom is -0.336 e. The van der Waals surface area contributed by atoms with Gasteiger partial charge in [0, 0.05) is 38.6 Å². The lowest BCUT2D eigenvalue weighted by Crippen LogP contribution is -2.55. The number of pyridine rings is 1. The molecule has 1 unspecified atom stereocenters. The van der Waals surface area contributed by atoms with Crippen molar-refractivity contribution in [3.8, 4) is 0 Å². The lowest BCUT2D eigenvalue weighted by atomic mass is 10.1. The predicted octanol–water partition coefficient (Wildman–Crippen LogP) is 0.764. The van der Waals surface area contributed by atoms with Crippen molar-refractivity contribution in [3.63, 3.8) is 0 Å². The van der Waals surface area contributed by atoms with Gasteiger partial charge in [-0.05, 0) is 6.07 Å². The number of nitrogens with two attached hydrogens (primary N) is 1. The van der Waals surface area contributed by atoms with Crippen molar-refractivity contribution in [2.75, 3.05) is 26.2 Å². The summed E-state index contributed by atoms with van der Waals surface area (Å²) in [7, 11) is 0. The summed E-state index contributed by atoms with van der Waals surface area (Å²) >= 11 is 0. The van der Waals surface area contributed by atoms with Crippen molar-refractivity contribution < 1.29 is 22.8 Å². The Hall–Kier alpha value is -1.71. The summed E-state index contributed by atoms with van der Waals surface area (Å²) in [6.07, 6.45) is -2.87. The molecule has 1 aromatic heterocycles. The predicted molar refractivity (Wildman–Crippen MR) is 78.0 cm³/mol. The Morgan fingerprint density at radius 2 is 1.91 bits per heavy atom. The van der Waals surface area contributed by atoms with E-state index < -0.39 is 29.4 Å². The molecule has 1 fully saturated rings. The summed E-state index contributed by atoms with van der Waals surface area (Å²) in [6, 6.07) is 0.784. The number of rotatable bonds is 3. The highest BCUT2D eigenvalue weighted by molar-refractivity contribution is 5.95. The van der Waals surface area contributed by atoms with Crippen LogP contribution in [0.4, 0.5) is 13.2 Å². The highest BCUT2D eigenvalue weighted by atomic mass is 35.5. The van der Waals surface area contributed by atoms with Crippen LogP contribution in [0.15, 0.2) is 18.5 Å². The molecule has 23 heavy (non-hydrogen) atoms. The van der Waals surface area contributed by atoms with Crippen LogP contribution < -0.4 is 5.73 Å². The second-order valence-corrected chi connectivity index (χ2v) is 4.87. The maximum atomic E-state index is 12.9. The summed E-state index contributed by atoms with van der Waals surface area (Å²) in [4.78, 5) is 29.5. The van der Waals surface area contributed by atoms with Crippen LogP contribution in [-0.4, -0.2) is 59.3 Å². The first-order valence-corrected chi connectivity index (χ1v) is 6.60. The van der Waals surface area contributed by atoms with E-state index in [1.54, 1.807) is 4.90 Å². The van der Waals surface area contributed by atoms with E-state index in [1.165, 1.54) is 4.90 Å². The van der Waals surface area contributed by atoms with E-state index in [9.17, 15) is 22.8 Å². The largest absolute Gasteiger partial charge is 0.417 e. The third-order valence-electron chi connectivity index (χ3n) is 3.52. The maximum absolute atomic E-state index is 12.9. The molecule has 0 radical (unpaired) electrons. The van der Waals surface area contributed by atoms with Gasteiger partial charge < -0.3 is 15.4 Å². The third kappa shape index (κ3) is 4.40. The number of nitrogens with zero attached hydrogens (tertiary/aromatic N) is 3. The van der Waals surface area contributed by atoms with Crippen molar-refractivity contribution in [1.29, 1.82) is 0 Å². The quantitative estimate of drug-likeness (QED) is 0.813. The molecule has 0 aliphatic carbocycles. The molecular weight excluding hydrogens is 337 g/mol. The fourth-order valence-electron chi connectivity index (χ4n) is 2.29. The summed E-state index contributed by atoms with van der Waals surface area (Å²) in [5, 5.41) is 0. The number of aldehydes is 1. The van der Waals surface area contributed by atoms with Crippen LogP contribution in [-0.2, 0) is 11.0 Å². The molecule has 0 saturated carbocycles. The SMILES string of the molecule is Cl.NC(C=O)N1CCN(C(=O)c2cnccc2C(F)(F)F)CC1. The van der Waals surface area contributed by atoms with Crippen LogP contribution in [0.25, 0.3) is 0 Å². The van der Waals surface area contributed by atoms with Crippen LogP contribution >= 0.6 is 12.4 Å². The molecule has 10 heteroatoms. The molecule has 0 spiro atoms. The zero-order chi connectivity index (χ0) is 16.3. The Labute approximate surface area is 136 Å². The first-order chi connectivity index (χ1) is 10.3. The van der Waals surface area contributed by atoms with Gasteiger partial charge in [0.25, 0.3) is 5.91 Å². The van der Waals surface area contributed by atoms with Crippen LogP contribution in [0.2, 0.25) is 0 Å². The van der Waals surface area contributed by atoms with Gasteiger partial charge in [-0.15, -0.1) is 12.4 Å². The summed E-state index contributed by atoms with van der Waals surface area (Å²) in [6.45, 7) is 1.06. The molecule has 2 N–H and O–H groups in total. The number of aromatic nitrogens is 1. The smallest absolute Gasteiger partial charge is 0.336 e. The van der Waals surface area contributed by atoms with Crippen molar-refractivity contribution in [3.05, 3.63) is 29.6 Å². The Balaban J connectivity index is 0.00000264. The van der Waals surface area contributed by atoms with E-state index in [2.05, 4.69) is 4.98 Å². The Morgan fingerprint density at radius 1 is 1.30 bits per heavy atom. The van der Waals surface area contributed by atoms with E-state index in [0.29, 0.717) is 19.4 Å². The number of carbonyl (C=O) groups is 2. The number of hydrogen-bond acceptors (Lipinski definition) is 5. The zero-order valence-electron chi connectivity index (χ0n) is 12.0. The van der Waals surface area contributed by atoms with E-state index in [-0.39, 0.29) is 25.5 Å². The van der Waals surface area contributed by atoms with Crippen LogP contribution in [0.3, 0.4) is 0 Å². The first kappa shape index (κ1) is 19.3. The van der Waals surface area contributed by atoms with E-state index >= 15 is 0 Å². The van der Waals surface area contributed by atoms with Gasteiger partial charge in [0.05, 0.1) is 11.1 Å². The minimum absolute atomic E-state index is 0. The summed E-state index contributed by atoms with van der Waals surface area (Å²) < 4.78 is 38.8. The molecule has 1 aliphatic heterocycles. The number of hydrogen-bond donors (Lipinski definition) is 1. The lowest BCUT2D eigenvalue weighted by molar-refractivity contribution is -0.138. The molecule has 1 saturated heterocycles. The Bertz CT molecular complexity index is 562. The van der Waals surface area contributed by atoms with Gasteiger partial charge in [0.1, 0.15) is 6.17 Å². The lowest BCUT2D eigenvalue weighted by Gasteiger charge is -2.36. The van der Waals surface area contributed by atoms with Gasteiger partial charge in [-0.2, -0.15) is 13.2 Å². The van der Waals surface area contributed by atoms with Crippen molar-refractivity contribution >= 4 is 24.6 Å². The zero-order valence-corrected chi connectivity index (χ0v) is 12.8. The second kappa shape index (κ2) is 7.71. The molecule has 0 bridgehead atoms. The topological polar surface area (TPSA) is 79.5 Å². The molecule has 0 aromatic carbocycles. The molecule has 2 rings (SSSR count). The summed E-state index contributed by atoms with van der Waals surface area (Å²) in [5.74, 6) is -0.722. The normalized spacial score (nSPS) is 17.3. The molecule has 1 amide bonds. The number of amides is 1. The van der Waals surface area contributed by atoms with Crippen LogP contribution in [0, 0.1) is 0 Å². The fourth-order valence-corrected chi connectivity index (χ4v) is 2.29. The molecule has 1 aromatic rings. The second-order valence-electron chi connectivity index (χ2n) is 4.87. The Kier molecular flexibility index (Phi) is 6.48. The maximum Gasteiger partial charge on any atom is 0.417 e. The van der Waals surface area contributed by atoms with Crippen molar-refractivity contribution in [2.45, 2.75) is 12.3 Å². The van der Waals surface area contributed by atoms with Gasteiger partial charge >= 0.3 is 6.18 Å². The third-order valence-corrected chi connectivity index (χ3v) is 3.52. The van der Waals surface area contributed by atoms with E-state index in [1.807, 2.05) is 0 Å². The summed E-state index contributed by atoms with van der Waals surface area (Å²) in [5.41, 5.74) is 4.09. The molecule has 1 aliphatic rings. The highest BCUT2D eigenvalue weighted by Gasteiger charge is 2.36. The number of alkyl halides is 3. The first-order valence-electron chi connectivity index (χ1n) is 6.60. The van der Waals surface area contributed by atoms with Crippen LogP contribution in [0.5, 0.6) is 0 Å². The van der Waals surface area contributed by atoms with Crippen LogP contribution in [0.1, 0.15) is 15.9 Å². The molecule has 1 atom stereocenters. The molecule has 128 valence electrons. The average molecular weight is 353 g/mol. The monoisotopic (exact) mass is 352 g/mol. The van der Waals surface area contributed by atoms with Gasteiger partial charge in [0.15, 0.2) is 6.29 Å². The van der Waals surface area contributed by atoms with Crippen molar-refractivity contribution in [1.82, 2.24) is 14.8 Å². The molecular formula is C13H16ClF3N4O2. The molecule has 2 heterocycles. The Morgan fingerprint density at radius 3 is 2.43 bits per heavy atom. The van der Waals surface area contributed by atoms with Gasteiger partial charge in [-0.1, -0.05) is 0 Å². The van der Waals surface area contributed by atoms with E-state index in [4.69, 9.17) is 5.73 Å². The van der Waals surface area contributed by atoms with Gasteiger partial charge in [0.2, 0.25) is 0 Å².